The van der Waals surface area contributed by atoms with Gasteiger partial charge in [0.05, 0.1) is 6.10 Å². The van der Waals surface area contributed by atoms with Gasteiger partial charge in [0, 0.05) is 11.5 Å². The SMILES string of the molecule is O=P1(OC2CCCCC2)CCCc2ccccc21. The van der Waals surface area contributed by atoms with E-state index in [2.05, 4.69) is 6.07 Å². The lowest BCUT2D eigenvalue weighted by molar-refractivity contribution is 0.160. The monoisotopic (exact) mass is 264 g/mol. The van der Waals surface area contributed by atoms with Crippen molar-refractivity contribution < 1.29 is 9.09 Å². The second kappa shape index (κ2) is 5.19. The van der Waals surface area contributed by atoms with Crippen LogP contribution < -0.4 is 5.30 Å². The quantitative estimate of drug-likeness (QED) is 0.758. The molecule has 0 spiro atoms. The fraction of sp³-hybridized carbons (Fsp3) is 0.600. The van der Waals surface area contributed by atoms with Crippen LogP contribution >= 0.6 is 7.37 Å². The third-order valence-corrected chi connectivity index (χ3v) is 6.84. The molecule has 1 unspecified atom stereocenters. The standard InChI is InChI=1S/C15H21O2P/c16-18(17-14-9-2-1-3-10-14)12-6-8-13-7-4-5-11-15(13)18/h4-5,7,11,14H,1-3,6,8-10,12H2. The molecule has 18 heavy (non-hydrogen) atoms. The molecule has 0 N–H and O–H groups in total. The van der Waals surface area contributed by atoms with Crippen LogP contribution in [-0.2, 0) is 15.5 Å². The van der Waals surface area contributed by atoms with Crippen LogP contribution in [-0.4, -0.2) is 12.3 Å². The van der Waals surface area contributed by atoms with Crippen LogP contribution in [0.2, 0.25) is 0 Å². The summed E-state index contributed by atoms with van der Waals surface area (Å²) in [5, 5.41) is 1.00. The van der Waals surface area contributed by atoms with Crippen LogP contribution in [0, 0.1) is 0 Å². The van der Waals surface area contributed by atoms with Crippen molar-refractivity contribution in [1.82, 2.24) is 0 Å². The summed E-state index contributed by atoms with van der Waals surface area (Å²) < 4.78 is 19.2. The van der Waals surface area contributed by atoms with Gasteiger partial charge in [-0.05, 0) is 37.3 Å². The molecule has 3 rings (SSSR count). The molecule has 2 aliphatic rings. The van der Waals surface area contributed by atoms with E-state index in [1.807, 2.05) is 18.2 Å². The lowest BCUT2D eigenvalue weighted by Crippen LogP contribution is -2.25. The summed E-state index contributed by atoms with van der Waals surface area (Å²) in [6.45, 7) is 0. The molecule has 98 valence electrons. The Labute approximate surface area is 109 Å². The van der Waals surface area contributed by atoms with Crippen LogP contribution in [0.25, 0.3) is 0 Å². The molecular formula is C15H21O2P. The van der Waals surface area contributed by atoms with Gasteiger partial charge in [-0.15, -0.1) is 0 Å². The van der Waals surface area contributed by atoms with Gasteiger partial charge in [0.25, 0.3) is 0 Å². The maximum atomic E-state index is 13.1. The van der Waals surface area contributed by atoms with E-state index in [0.29, 0.717) is 0 Å². The van der Waals surface area contributed by atoms with Crippen LogP contribution in [0.4, 0.5) is 0 Å². The van der Waals surface area contributed by atoms with E-state index in [-0.39, 0.29) is 6.10 Å². The zero-order valence-electron chi connectivity index (χ0n) is 10.8. The zero-order valence-corrected chi connectivity index (χ0v) is 11.7. The van der Waals surface area contributed by atoms with Crippen molar-refractivity contribution in [3.05, 3.63) is 29.8 Å². The predicted molar refractivity (Wildman–Crippen MR) is 74.8 cm³/mol. The highest BCUT2D eigenvalue weighted by atomic mass is 31.2. The highest BCUT2D eigenvalue weighted by molar-refractivity contribution is 7.67. The number of benzene rings is 1. The smallest absolute Gasteiger partial charge is 0.232 e. The van der Waals surface area contributed by atoms with Gasteiger partial charge in [-0.2, -0.15) is 0 Å². The van der Waals surface area contributed by atoms with Gasteiger partial charge >= 0.3 is 0 Å². The Hall–Kier alpha value is -0.590. The first kappa shape index (κ1) is 12.4. The summed E-state index contributed by atoms with van der Waals surface area (Å²) in [4.78, 5) is 0. The highest BCUT2D eigenvalue weighted by Crippen LogP contribution is 2.52. The van der Waals surface area contributed by atoms with Crippen molar-refractivity contribution in [2.24, 2.45) is 0 Å². The average Bonchev–Trinajstić information content (AvgIpc) is 2.40. The van der Waals surface area contributed by atoms with E-state index >= 15 is 0 Å². The molecule has 1 atom stereocenters. The highest BCUT2D eigenvalue weighted by Gasteiger charge is 2.34. The van der Waals surface area contributed by atoms with Gasteiger partial charge in [0.2, 0.25) is 7.37 Å². The van der Waals surface area contributed by atoms with E-state index in [1.54, 1.807) is 0 Å². The molecule has 1 heterocycles. The van der Waals surface area contributed by atoms with Crippen molar-refractivity contribution >= 4 is 12.7 Å². The Morgan fingerprint density at radius 2 is 1.83 bits per heavy atom. The van der Waals surface area contributed by atoms with Crippen molar-refractivity contribution in [2.45, 2.75) is 51.0 Å². The van der Waals surface area contributed by atoms with Crippen LogP contribution in [0.1, 0.15) is 44.1 Å². The first-order chi connectivity index (χ1) is 8.78. The summed E-state index contributed by atoms with van der Waals surface area (Å²) in [7, 11) is -2.57. The minimum atomic E-state index is -2.57. The normalized spacial score (nSPS) is 28.9. The summed E-state index contributed by atoms with van der Waals surface area (Å²) in [5.41, 5.74) is 1.24. The third-order valence-electron chi connectivity index (χ3n) is 4.13. The second-order valence-corrected chi connectivity index (χ2v) is 7.98. The first-order valence-electron chi connectivity index (χ1n) is 7.14. The fourth-order valence-corrected chi connectivity index (χ4v) is 5.84. The molecule has 0 aromatic heterocycles. The van der Waals surface area contributed by atoms with E-state index in [0.717, 1.165) is 37.1 Å². The molecule has 2 nitrogen and oxygen atoms in total. The van der Waals surface area contributed by atoms with Crippen molar-refractivity contribution in [3.63, 3.8) is 0 Å². The van der Waals surface area contributed by atoms with Crippen LogP contribution in [0.3, 0.4) is 0 Å². The topological polar surface area (TPSA) is 26.3 Å². The summed E-state index contributed by atoms with van der Waals surface area (Å²) in [5.74, 6) is 0. The van der Waals surface area contributed by atoms with Gasteiger partial charge in [0.1, 0.15) is 0 Å². The second-order valence-electron chi connectivity index (χ2n) is 5.49. The maximum absolute atomic E-state index is 13.1. The van der Waals surface area contributed by atoms with E-state index < -0.39 is 7.37 Å². The van der Waals surface area contributed by atoms with Crippen molar-refractivity contribution in [3.8, 4) is 0 Å². The van der Waals surface area contributed by atoms with Gasteiger partial charge in [-0.3, -0.25) is 4.57 Å². The molecule has 1 aromatic carbocycles. The first-order valence-corrected chi connectivity index (χ1v) is 8.95. The number of rotatable bonds is 2. The Morgan fingerprint density at radius 1 is 1.06 bits per heavy atom. The largest absolute Gasteiger partial charge is 0.322 e. The molecule has 0 saturated heterocycles. The molecule has 1 fully saturated rings. The Morgan fingerprint density at radius 3 is 2.67 bits per heavy atom. The Bertz CT molecular complexity index is 463. The van der Waals surface area contributed by atoms with Crippen molar-refractivity contribution in [1.29, 1.82) is 0 Å². The molecule has 1 aromatic rings. The van der Waals surface area contributed by atoms with E-state index in [9.17, 15) is 4.57 Å². The minimum Gasteiger partial charge on any atom is -0.322 e. The van der Waals surface area contributed by atoms with E-state index in [1.165, 1.54) is 24.8 Å². The lowest BCUT2D eigenvalue weighted by atomic mass is 9.98. The zero-order chi connectivity index (χ0) is 12.4. The maximum Gasteiger partial charge on any atom is 0.232 e. The van der Waals surface area contributed by atoms with Crippen molar-refractivity contribution in [2.75, 3.05) is 6.16 Å². The molecule has 1 aliphatic heterocycles. The molecule has 1 saturated carbocycles. The molecular weight excluding hydrogens is 243 g/mol. The van der Waals surface area contributed by atoms with Gasteiger partial charge in [-0.25, -0.2) is 0 Å². The van der Waals surface area contributed by atoms with Gasteiger partial charge in [-0.1, -0.05) is 37.5 Å². The molecule has 3 heteroatoms. The number of aryl methyl sites for hydroxylation is 1. The molecule has 1 aliphatic carbocycles. The Balaban J connectivity index is 1.84. The van der Waals surface area contributed by atoms with Gasteiger partial charge < -0.3 is 4.52 Å². The predicted octanol–water partition coefficient (Wildman–Crippen LogP) is 3.89. The van der Waals surface area contributed by atoms with Gasteiger partial charge in [0.15, 0.2) is 0 Å². The minimum absolute atomic E-state index is 0.232. The third kappa shape index (κ3) is 2.41. The number of hydrogen-bond donors (Lipinski definition) is 0. The number of hydrogen-bond acceptors (Lipinski definition) is 2. The average molecular weight is 264 g/mol. The lowest BCUT2D eigenvalue weighted by Gasteiger charge is -2.31. The van der Waals surface area contributed by atoms with Crippen LogP contribution in [0.5, 0.6) is 0 Å². The summed E-state index contributed by atoms with van der Waals surface area (Å²) in [6.07, 6.45) is 8.96. The molecule has 0 amide bonds. The Kier molecular flexibility index (Phi) is 3.59. The summed E-state index contributed by atoms with van der Waals surface area (Å²) in [6, 6.07) is 8.14. The molecule has 0 bridgehead atoms. The summed E-state index contributed by atoms with van der Waals surface area (Å²) >= 11 is 0. The molecule has 0 radical (unpaired) electrons. The van der Waals surface area contributed by atoms with Crippen LogP contribution in [0.15, 0.2) is 24.3 Å². The fourth-order valence-electron chi connectivity index (χ4n) is 3.17. The van der Waals surface area contributed by atoms with E-state index in [4.69, 9.17) is 4.52 Å². The number of fused-ring (bicyclic) bond motifs is 1.